The van der Waals surface area contributed by atoms with Crippen LogP contribution in [0.4, 0.5) is 17.8 Å². The summed E-state index contributed by atoms with van der Waals surface area (Å²) in [5, 5.41) is 23.0. The number of rotatable bonds is 7. The van der Waals surface area contributed by atoms with Crippen LogP contribution >= 0.6 is 0 Å². The Labute approximate surface area is 164 Å². The van der Waals surface area contributed by atoms with Gasteiger partial charge in [0.05, 0.1) is 0 Å². The molecule has 0 amide bonds. The first-order chi connectivity index (χ1) is 13.5. The molecule has 1 heterocycles. The highest BCUT2D eigenvalue weighted by molar-refractivity contribution is 5.46. The van der Waals surface area contributed by atoms with Crippen molar-refractivity contribution in [3.63, 3.8) is 0 Å². The number of nitrogens with one attached hydrogen (secondary N) is 1. The lowest BCUT2D eigenvalue weighted by Gasteiger charge is -2.22. The minimum Gasteiger partial charge on any atom is -0.508 e. The van der Waals surface area contributed by atoms with Gasteiger partial charge in [-0.2, -0.15) is 15.0 Å². The van der Waals surface area contributed by atoms with E-state index in [4.69, 9.17) is 0 Å². The molecule has 3 rings (SSSR count). The van der Waals surface area contributed by atoms with E-state index in [-0.39, 0.29) is 11.5 Å². The summed E-state index contributed by atoms with van der Waals surface area (Å²) < 4.78 is 0. The van der Waals surface area contributed by atoms with E-state index in [1.165, 1.54) is 0 Å². The Morgan fingerprint density at radius 2 is 1.18 bits per heavy atom. The number of para-hydroxylation sites is 2. The molecule has 0 aliphatic rings. The first-order valence-electron chi connectivity index (χ1n) is 8.87. The van der Waals surface area contributed by atoms with E-state index < -0.39 is 0 Å². The van der Waals surface area contributed by atoms with Crippen LogP contribution < -0.4 is 15.1 Å². The van der Waals surface area contributed by atoms with Crippen molar-refractivity contribution in [3.05, 3.63) is 59.7 Å². The Hall–Kier alpha value is -3.55. The van der Waals surface area contributed by atoms with Gasteiger partial charge in [0.15, 0.2) is 0 Å². The number of phenolic OH excluding ortho intramolecular Hbond substituents is 2. The Morgan fingerprint density at radius 3 is 1.57 bits per heavy atom. The highest BCUT2D eigenvalue weighted by atomic mass is 16.3. The summed E-state index contributed by atoms with van der Waals surface area (Å²) in [6, 6.07) is 14.3. The summed E-state index contributed by atoms with van der Waals surface area (Å²) in [4.78, 5) is 17.1. The quantitative estimate of drug-likeness (QED) is 0.575. The zero-order chi connectivity index (χ0) is 20.1. The van der Waals surface area contributed by atoms with Crippen LogP contribution in [0.25, 0.3) is 0 Å². The van der Waals surface area contributed by atoms with Gasteiger partial charge in [-0.05, 0) is 12.1 Å². The molecule has 28 heavy (non-hydrogen) atoms. The van der Waals surface area contributed by atoms with Gasteiger partial charge in [-0.3, -0.25) is 0 Å². The maximum absolute atomic E-state index is 10.0. The molecule has 0 aliphatic carbocycles. The Morgan fingerprint density at radius 1 is 0.750 bits per heavy atom. The average Bonchev–Trinajstić information content (AvgIpc) is 2.71. The Balaban J connectivity index is 1.85. The van der Waals surface area contributed by atoms with Gasteiger partial charge in [-0.15, -0.1) is 0 Å². The fourth-order valence-electron chi connectivity index (χ4n) is 2.75. The van der Waals surface area contributed by atoms with E-state index in [0.717, 1.165) is 11.1 Å². The molecule has 8 heteroatoms. The fraction of sp³-hybridized carbons (Fsp3) is 0.250. The van der Waals surface area contributed by atoms with Crippen LogP contribution in [0.3, 0.4) is 0 Å². The van der Waals surface area contributed by atoms with Crippen LogP contribution in [0.1, 0.15) is 11.1 Å². The van der Waals surface area contributed by atoms with Gasteiger partial charge in [-0.25, -0.2) is 0 Å². The standard InChI is InChI=1S/C20H24N6O2/c1-21-18-22-19(25(2)12-14-8-4-6-10-16(14)27)24-20(23-18)26(3)13-15-9-5-7-11-17(15)28/h4-11,27-28H,12-13H2,1-3H3,(H,21,22,23,24). The molecule has 0 spiro atoms. The monoisotopic (exact) mass is 380 g/mol. The molecule has 0 bridgehead atoms. The first kappa shape index (κ1) is 19.2. The lowest BCUT2D eigenvalue weighted by Crippen LogP contribution is -2.24. The molecule has 0 radical (unpaired) electrons. The molecule has 0 saturated heterocycles. The second-order valence-electron chi connectivity index (χ2n) is 6.48. The molecule has 3 aromatic rings. The molecule has 8 nitrogen and oxygen atoms in total. The number of anilines is 3. The lowest BCUT2D eigenvalue weighted by atomic mass is 10.2. The molecule has 146 valence electrons. The number of benzene rings is 2. The second kappa shape index (κ2) is 8.43. The first-order valence-corrected chi connectivity index (χ1v) is 8.87. The maximum Gasteiger partial charge on any atom is 0.232 e. The summed E-state index contributed by atoms with van der Waals surface area (Å²) in [5.41, 5.74) is 1.56. The zero-order valence-electron chi connectivity index (χ0n) is 16.2. The number of aromatic hydroxyl groups is 2. The zero-order valence-corrected chi connectivity index (χ0v) is 16.2. The van der Waals surface area contributed by atoms with Gasteiger partial charge in [0, 0.05) is 45.4 Å². The SMILES string of the molecule is CNc1nc(N(C)Cc2ccccc2O)nc(N(C)Cc2ccccc2O)n1. The summed E-state index contributed by atoms with van der Waals surface area (Å²) in [6.07, 6.45) is 0. The van der Waals surface area contributed by atoms with Gasteiger partial charge >= 0.3 is 0 Å². The normalized spacial score (nSPS) is 10.5. The number of aromatic nitrogens is 3. The van der Waals surface area contributed by atoms with Crippen molar-refractivity contribution in [1.82, 2.24) is 15.0 Å². The highest BCUT2D eigenvalue weighted by Gasteiger charge is 2.15. The molecule has 2 aromatic carbocycles. The second-order valence-corrected chi connectivity index (χ2v) is 6.48. The van der Waals surface area contributed by atoms with E-state index in [0.29, 0.717) is 30.9 Å². The molecule has 0 aliphatic heterocycles. The van der Waals surface area contributed by atoms with Gasteiger partial charge in [-0.1, -0.05) is 36.4 Å². The number of nitrogens with zero attached hydrogens (tertiary/aromatic N) is 5. The summed E-state index contributed by atoms with van der Waals surface area (Å²) in [7, 11) is 5.46. The fourth-order valence-corrected chi connectivity index (χ4v) is 2.75. The van der Waals surface area contributed by atoms with Crippen molar-refractivity contribution in [2.75, 3.05) is 36.3 Å². The van der Waals surface area contributed by atoms with Crippen LogP contribution in [0.2, 0.25) is 0 Å². The third-order valence-electron chi connectivity index (χ3n) is 4.32. The molecular formula is C20H24N6O2. The van der Waals surface area contributed by atoms with E-state index >= 15 is 0 Å². The van der Waals surface area contributed by atoms with Crippen LogP contribution in [0.5, 0.6) is 11.5 Å². The molecular weight excluding hydrogens is 356 g/mol. The van der Waals surface area contributed by atoms with E-state index in [1.807, 2.05) is 48.2 Å². The van der Waals surface area contributed by atoms with Crippen LogP contribution in [-0.4, -0.2) is 46.3 Å². The van der Waals surface area contributed by atoms with Crippen molar-refractivity contribution in [1.29, 1.82) is 0 Å². The van der Waals surface area contributed by atoms with E-state index in [1.54, 1.807) is 31.3 Å². The smallest absolute Gasteiger partial charge is 0.232 e. The van der Waals surface area contributed by atoms with Crippen molar-refractivity contribution in [3.8, 4) is 11.5 Å². The van der Waals surface area contributed by atoms with Gasteiger partial charge in [0.2, 0.25) is 17.8 Å². The third-order valence-corrected chi connectivity index (χ3v) is 4.32. The molecule has 0 unspecified atom stereocenters. The molecule has 3 N–H and O–H groups in total. The Bertz CT molecular complexity index is 878. The van der Waals surface area contributed by atoms with Crippen molar-refractivity contribution in [2.24, 2.45) is 0 Å². The Kier molecular flexibility index (Phi) is 5.78. The van der Waals surface area contributed by atoms with E-state index in [9.17, 15) is 10.2 Å². The van der Waals surface area contributed by atoms with E-state index in [2.05, 4.69) is 20.3 Å². The summed E-state index contributed by atoms with van der Waals surface area (Å²) in [6.45, 7) is 0.894. The minimum atomic E-state index is 0.231. The topological polar surface area (TPSA) is 97.6 Å². The third kappa shape index (κ3) is 4.40. The van der Waals surface area contributed by atoms with Gasteiger partial charge < -0.3 is 25.3 Å². The van der Waals surface area contributed by atoms with Crippen molar-refractivity contribution >= 4 is 17.8 Å². The minimum absolute atomic E-state index is 0.231. The molecule has 0 saturated carbocycles. The summed E-state index contributed by atoms with van der Waals surface area (Å²) in [5.74, 6) is 1.85. The lowest BCUT2D eigenvalue weighted by molar-refractivity contribution is 0.467. The van der Waals surface area contributed by atoms with Gasteiger partial charge in [0.1, 0.15) is 11.5 Å². The average molecular weight is 380 g/mol. The van der Waals surface area contributed by atoms with Crippen LogP contribution in [0.15, 0.2) is 48.5 Å². The predicted molar refractivity (Wildman–Crippen MR) is 110 cm³/mol. The number of hydrogen-bond donors (Lipinski definition) is 3. The van der Waals surface area contributed by atoms with Crippen molar-refractivity contribution < 1.29 is 10.2 Å². The number of phenols is 2. The van der Waals surface area contributed by atoms with Crippen molar-refractivity contribution in [2.45, 2.75) is 13.1 Å². The van der Waals surface area contributed by atoms with Gasteiger partial charge in [0.25, 0.3) is 0 Å². The molecule has 1 aromatic heterocycles. The highest BCUT2D eigenvalue weighted by Crippen LogP contribution is 2.23. The molecule has 0 fully saturated rings. The van der Waals surface area contributed by atoms with Crippen LogP contribution in [0, 0.1) is 0 Å². The summed E-state index contributed by atoms with van der Waals surface area (Å²) >= 11 is 0. The van der Waals surface area contributed by atoms with Crippen LogP contribution in [-0.2, 0) is 13.1 Å². The number of hydrogen-bond acceptors (Lipinski definition) is 8. The maximum atomic E-state index is 10.0. The largest absolute Gasteiger partial charge is 0.508 e. The predicted octanol–water partition coefficient (Wildman–Crippen LogP) is 2.60. The molecule has 0 atom stereocenters.